The van der Waals surface area contributed by atoms with Gasteiger partial charge < -0.3 is 10.2 Å². The molecule has 1 atom stereocenters. The number of nitrogens with one attached hydrogen (secondary N) is 3. The van der Waals surface area contributed by atoms with Crippen molar-refractivity contribution in [2.24, 2.45) is 0 Å². The maximum absolute atomic E-state index is 12.0. The number of imide groups is 1. The number of hydrogen-bond acceptors (Lipinski definition) is 3. The van der Waals surface area contributed by atoms with E-state index in [0.29, 0.717) is 5.69 Å². The largest absolute Gasteiger partial charge is 0.326 e. The summed E-state index contributed by atoms with van der Waals surface area (Å²) in [5, 5.41) is 5.09. The van der Waals surface area contributed by atoms with Crippen LogP contribution in [0.4, 0.5) is 10.5 Å². The van der Waals surface area contributed by atoms with E-state index in [0.717, 1.165) is 26.4 Å². The van der Waals surface area contributed by atoms with Gasteiger partial charge in [0.05, 0.1) is 15.7 Å². The molecular formula is C17H21BrN3O2S+. The predicted molar refractivity (Wildman–Crippen MR) is 101 cm³/mol. The maximum atomic E-state index is 12.0. The quantitative estimate of drug-likeness (QED) is 0.708. The van der Waals surface area contributed by atoms with E-state index in [1.165, 1.54) is 4.88 Å². The Bertz CT molecular complexity index is 745. The fourth-order valence-corrected chi connectivity index (χ4v) is 3.96. The standard InChI is InChI=1S/C17H20BrN3O2S/c1-11-4-6-14(12(2)8-11)19-17(23)20-16(22)10-21(3)9-13-5-7-15(18)24-13/h4-8H,9-10H2,1-3H3,(H2,19,20,22,23)/p+1. The Morgan fingerprint density at radius 2 is 1.96 bits per heavy atom. The topological polar surface area (TPSA) is 62.6 Å². The van der Waals surface area contributed by atoms with Crippen molar-refractivity contribution in [3.63, 3.8) is 0 Å². The average molecular weight is 411 g/mol. The van der Waals surface area contributed by atoms with Gasteiger partial charge in [-0.3, -0.25) is 10.1 Å². The number of carbonyl (C=O) groups is 2. The summed E-state index contributed by atoms with van der Waals surface area (Å²) in [4.78, 5) is 26.1. The van der Waals surface area contributed by atoms with Crippen LogP contribution in [0.15, 0.2) is 34.1 Å². The van der Waals surface area contributed by atoms with Crippen LogP contribution in [0.5, 0.6) is 0 Å². The molecule has 3 amide bonds. The molecule has 0 saturated heterocycles. The van der Waals surface area contributed by atoms with Crippen LogP contribution in [-0.2, 0) is 11.3 Å². The number of quaternary nitrogens is 1. The molecule has 1 unspecified atom stereocenters. The van der Waals surface area contributed by atoms with Gasteiger partial charge in [0, 0.05) is 5.69 Å². The van der Waals surface area contributed by atoms with E-state index < -0.39 is 6.03 Å². The zero-order valence-corrected chi connectivity index (χ0v) is 16.3. The monoisotopic (exact) mass is 410 g/mol. The van der Waals surface area contributed by atoms with Crippen LogP contribution in [0.2, 0.25) is 0 Å². The Hall–Kier alpha value is -1.70. The number of likely N-dealkylation sites (N-methyl/N-ethyl adjacent to an activating group) is 1. The van der Waals surface area contributed by atoms with Gasteiger partial charge in [0.2, 0.25) is 0 Å². The van der Waals surface area contributed by atoms with E-state index >= 15 is 0 Å². The lowest BCUT2D eigenvalue weighted by molar-refractivity contribution is -0.885. The Balaban J connectivity index is 1.81. The van der Waals surface area contributed by atoms with Crippen LogP contribution in [0.1, 0.15) is 16.0 Å². The van der Waals surface area contributed by atoms with Crippen LogP contribution in [-0.4, -0.2) is 25.5 Å². The van der Waals surface area contributed by atoms with E-state index in [1.54, 1.807) is 11.3 Å². The van der Waals surface area contributed by atoms with E-state index in [1.807, 2.05) is 51.2 Å². The fraction of sp³-hybridized carbons (Fsp3) is 0.294. The van der Waals surface area contributed by atoms with Crippen molar-refractivity contribution < 1.29 is 14.5 Å². The summed E-state index contributed by atoms with van der Waals surface area (Å²) in [6.45, 7) is 4.88. The zero-order chi connectivity index (χ0) is 17.7. The van der Waals surface area contributed by atoms with Gasteiger partial charge in [0.25, 0.3) is 5.91 Å². The minimum absolute atomic E-state index is 0.232. The first-order valence-electron chi connectivity index (χ1n) is 7.57. The SMILES string of the molecule is Cc1ccc(NC(=O)NC(=O)C[NH+](C)Cc2ccc(Br)s2)c(C)c1. The van der Waals surface area contributed by atoms with Gasteiger partial charge in [0.1, 0.15) is 6.54 Å². The molecule has 0 aliphatic heterocycles. The summed E-state index contributed by atoms with van der Waals surface area (Å²) in [7, 11) is 1.93. The van der Waals surface area contributed by atoms with Crippen molar-refractivity contribution in [2.45, 2.75) is 20.4 Å². The average Bonchev–Trinajstić information content (AvgIpc) is 2.86. The van der Waals surface area contributed by atoms with Gasteiger partial charge in [-0.25, -0.2) is 4.79 Å². The first-order valence-corrected chi connectivity index (χ1v) is 9.18. The lowest BCUT2D eigenvalue weighted by Crippen LogP contribution is -3.08. The molecule has 0 spiro atoms. The molecule has 2 aromatic rings. The molecule has 1 aromatic carbocycles. The van der Waals surface area contributed by atoms with Crippen LogP contribution in [0, 0.1) is 13.8 Å². The first-order chi connectivity index (χ1) is 11.3. The number of anilines is 1. The van der Waals surface area contributed by atoms with E-state index in [2.05, 4.69) is 26.6 Å². The highest BCUT2D eigenvalue weighted by molar-refractivity contribution is 9.11. The number of aryl methyl sites for hydroxylation is 2. The predicted octanol–water partition coefficient (Wildman–Crippen LogP) is 2.49. The number of carbonyl (C=O) groups excluding carboxylic acids is 2. The molecule has 0 fully saturated rings. The lowest BCUT2D eigenvalue weighted by Gasteiger charge is -2.13. The van der Waals surface area contributed by atoms with Gasteiger partial charge in [-0.2, -0.15) is 0 Å². The van der Waals surface area contributed by atoms with Crippen LogP contribution < -0.4 is 15.5 Å². The first kappa shape index (κ1) is 18.6. The van der Waals surface area contributed by atoms with E-state index in [9.17, 15) is 9.59 Å². The van der Waals surface area contributed by atoms with Crippen molar-refractivity contribution in [2.75, 3.05) is 18.9 Å². The third-order valence-electron chi connectivity index (χ3n) is 3.45. The molecule has 0 saturated carbocycles. The molecule has 3 N–H and O–H groups in total. The summed E-state index contributed by atoms with van der Waals surface area (Å²) in [6.07, 6.45) is 0. The molecule has 24 heavy (non-hydrogen) atoms. The van der Waals surface area contributed by atoms with Gasteiger partial charge in [-0.05, 0) is 53.5 Å². The highest BCUT2D eigenvalue weighted by Crippen LogP contribution is 2.21. The number of benzene rings is 1. The molecule has 0 bridgehead atoms. The normalized spacial score (nSPS) is 11.8. The summed E-state index contributed by atoms with van der Waals surface area (Å²) < 4.78 is 1.07. The molecular weight excluding hydrogens is 390 g/mol. The molecule has 0 aliphatic carbocycles. The molecule has 1 aromatic heterocycles. The van der Waals surface area contributed by atoms with Crippen molar-refractivity contribution in [1.82, 2.24) is 5.32 Å². The van der Waals surface area contributed by atoms with E-state index in [-0.39, 0.29) is 12.5 Å². The summed E-state index contributed by atoms with van der Waals surface area (Å²) in [6, 6.07) is 9.25. The smallest absolute Gasteiger partial charge is 0.325 e. The number of hydrogen-bond donors (Lipinski definition) is 3. The third-order valence-corrected chi connectivity index (χ3v) is 5.07. The Kier molecular flexibility index (Phi) is 6.53. The highest BCUT2D eigenvalue weighted by Gasteiger charge is 2.15. The van der Waals surface area contributed by atoms with Crippen molar-refractivity contribution in [3.05, 3.63) is 50.1 Å². The molecule has 2 rings (SSSR count). The Morgan fingerprint density at radius 3 is 2.58 bits per heavy atom. The molecule has 5 nitrogen and oxygen atoms in total. The van der Waals surface area contributed by atoms with Crippen LogP contribution >= 0.6 is 27.3 Å². The fourth-order valence-electron chi connectivity index (χ4n) is 2.36. The summed E-state index contributed by atoms with van der Waals surface area (Å²) >= 11 is 5.07. The molecule has 7 heteroatoms. The van der Waals surface area contributed by atoms with Gasteiger partial charge in [-0.15, -0.1) is 11.3 Å². The van der Waals surface area contributed by atoms with Crippen molar-refractivity contribution >= 4 is 44.9 Å². The van der Waals surface area contributed by atoms with Gasteiger partial charge in [0.15, 0.2) is 6.54 Å². The molecule has 128 valence electrons. The number of rotatable bonds is 5. The third kappa shape index (κ3) is 5.74. The minimum atomic E-state index is -0.501. The van der Waals surface area contributed by atoms with Crippen molar-refractivity contribution in [3.8, 4) is 0 Å². The number of thiophene rings is 1. The molecule has 0 aliphatic rings. The summed E-state index contributed by atoms with van der Waals surface area (Å²) in [5.41, 5.74) is 2.79. The summed E-state index contributed by atoms with van der Waals surface area (Å²) in [5.74, 6) is -0.301. The highest BCUT2D eigenvalue weighted by atomic mass is 79.9. The number of urea groups is 1. The maximum Gasteiger partial charge on any atom is 0.326 e. The van der Waals surface area contributed by atoms with Gasteiger partial charge >= 0.3 is 6.03 Å². The van der Waals surface area contributed by atoms with Crippen molar-refractivity contribution in [1.29, 1.82) is 0 Å². The van der Waals surface area contributed by atoms with Gasteiger partial charge in [-0.1, -0.05) is 17.7 Å². The zero-order valence-electron chi connectivity index (χ0n) is 13.9. The second-order valence-electron chi connectivity index (χ2n) is 5.84. The number of amides is 3. The second-order valence-corrected chi connectivity index (χ2v) is 8.38. The van der Waals surface area contributed by atoms with E-state index in [4.69, 9.17) is 0 Å². The molecule has 1 heterocycles. The molecule has 0 radical (unpaired) electrons. The van der Waals surface area contributed by atoms with Crippen LogP contribution in [0.3, 0.4) is 0 Å². The lowest BCUT2D eigenvalue weighted by atomic mass is 10.1. The Morgan fingerprint density at radius 1 is 1.21 bits per heavy atom. The second kappa shape index (κ2) is 8.41. The Labute approximate surface area is 154 Å². The minimum Gasteiger partial charge on any atom is -0.325 e. The van der Waals surface area contributed by atoms with Crippen LogP contribution in [0.25, 0.3) is 0 Å². The number of halogens is 1.